The summed E-state index contributed by atoms with van der Waals surface area (Å²) in [7, 11) is 1.59. The maximum atomic E-state index is 12.7. The van der Waals surface area contributed by atoms with E-state index in [1.807, 2.05) is 29.7 Å². The first-order valence-corrected chi connectivity index (χ1v) is 9.92. The van der Waals surface area contributed by atoms with E-state index in [9.17, 15) is 14.9 Å². The summed E-state index contributed by atoms with van der Waals surface area (Å²) in [5, 5.41) is 11.1. The van der Waals surface area contributed by atoms with Gasteiger partial charge in [0.05, 0.1) is 38.9 Å². The molecule has 1 amide bonds. The smallest absolute Gasteiger partial charge is 0.281 e. The van der Waals surface area contributed by atoms with E-state index in [1.165, 1.54) is 23.5 Å². The second-order valence-corrected chi connectivity index (χ2v) is 7.35. The van der Waals surface area contributed by atoms with Crippen molar-refractivity contribution in [2.75, 3.05) is 20.3 Å². The summed E-state index contributed by atoms with van der Waals surface area (Å²) >= 11 is 7.39. The number of nitrogens with zero attached hydrogens (tertiary/aromatic N) is 3. The molecule has 0 aliphatic rings. The van der Waals surface area contributed by atoms with Crippen LogP contribution in [0, 0.1) is 10.1 Å². The van der Waals surface area contributed by atoms with Crippen molar-refractivity contribution in [3.05, 3.63) is 61.9 Å². The summed E-state index contributed by atoms with van der Waals surface area (Å²) in [6.45, 7) is 3.36. The summed E-state index contributed by atoms with van der Waals surface area (Å²) in [5.41, 5.74) is 0.636. The van der Waals surface area contributed by atoms with Gasteiger partial charge in [-0.25, -0.2) is 0 Å². The van der Waals surface area contributed by atoms with Gasteiger partial charge in [0.25, 0.3) is 11.6 Å². The molecule has 1 heterocycles. The van der Waals surface area contributed by atoms with Crippen LogP contribution in [0.2, 0.25) is 5.02 Å². The molecule has 0 N–H and O–H groups in total. The highest BCUT2D eigenvalue weighted by atomic mass is 35.5. The molecule has 2 aromatic carbocycles. The number of nitro benzene ring substituents is 1. The van der Waals surface area contributed by atoms with Gasteiger partial charge in [0.15, 0.2) is 4.80 Å². The average Bonchev–Trinajstić information content (AvgIpc) is 3.02. The molecule has 3 rings (SSSR count). The highest BCUT2D eigenvalue weighted by Gasteiger charge is 2.16. The summed E-state index contributed by atoms with van der Waals surface area (Å²) in [6.07, 6.45) is 0. The lowest BCUT2D eigenvalue weighted by molar-refractivity contribution is -0.384. The molecule has 3 aromatic rings. The minimum absolute atomic E-state index is 0.0216. The van der Waals surface area contributed by atoms with Gasteiger partial charge in [-0.15, -0.1) is 0 Å². The Bertz CT molecular complexity index is 1140. The number of aromatic nitrogens is 1. The van der Waals surface area contributed by atoms with Crippen LogP contribution in [0.15, 0.2) is 41.4 Å². The van der Waals surface area contributed by atoms with Gasteiger partial charge in [-0.3, -0.25) is 14.9 Å². The zero-order chi connectivity index (χ0) is 21.0. The molecular formula is C19H18ClN3O5S. The first-order valence-electron chi connectivity index (χ1n) is 8.72. The third kappa shape index (κ3) is 4.64. The topological polar surface area (TPSA) is 96.0 Å². The minimum Gasteiger partial charge on any atom is -0.494 e. The van der Waals surface area contributed by atoms with E-state index >= 15 is 0 Å². The Morgan fingerprint density at radius 1 is 1.31 bits per heavy atom. The number of methoxy groups -OCH3 is 1. The number of hydrogen-bond donors (Lipinski definition) is 0. The molecule has 10 heteroatoms. The third-order valence-corrected chi connectivity index (χ3v) is 5.44. The number of hydrogen-bond acceptors (Lipinski definition) is 6. The van der Waals surface area contributed by atoms with Crippen molar-refractivity contribution in [1.82, 2.24) is 4.57 Å². The van der Waals surface area contributed by atoms with Gasteiger partial charge in [-0.05, 0) is 31.2 Å². The van der Waals surface area contributed by atoms with Crippen LogP contribution in [0.5, 0.6) is 5.75 Å². The molecule has 0 atom stereocenters. The molecule has 29 heavy (non-hydrogen) atoms. The molecule has 152 valence electrons. The molecule has 0 aliphatic carbocycles. The average molecular weight is 436 g/mol. The van der Waals surface area contributed by atoms with Crippen LogP contribution in [-0.4, -0.2) is 35.7 Å². The normalized spacial score (nSPS) is 11.8. The molecule has 8 nitrogen and oxygen atoms in total. The predicted molar refractivity (Wildman–Crippen MR) is 111 cm³/mol. The van der Waals surface area contributed by atoms with Crippen LogP contribution < -0.4 is 9.54 Å². The number of ether oxygens (including phenoxy) is 2. The Hall–Kier alpha value is -2.75. The van der Waals surface area contributed by atoms with Gasteiger partial charge in [-0.2, -0.15) is 4.99 Å². The van der Waals surface area contributed by atoms with Crippen LogP contribution in [0.3, 0.4) is 0 Å². The van der Waals surface area contributed by atoms with Crippen LogP contribution >= 0.6 is 22.9 Å². The number of halogens is 1. The number of fused-ring (bicyclic) bond motifs is 1. The number of benzene rings is 2. The monoisotopic (exact) mass is 435 g/mol. The number of carbonyl (C=O) groups excluding carboxylic acids is 1. The zero-order valence-electron chi connectivity index (χ0n) is 15.8. The summed E-state index contributed by atoms with van der Waals surface area (Å²) in [5.74, 6) is 0.0706. The van der Waals surface area contributed by atoms with Gasteiger partial charge in [0, 0.05) is 25.8 Å². The molecule has 0 fully saturated rings. The maximum absolute atomic E-state index is 12.7. The predicted octanol–water partition coefficient (Wildman–Crippen LogP) is 4.05. The van der Waals surface area contributed by atoms with Crippen molar-refractivity contribution in [3.63, 3.8) is 0 Å². The van der Waals surface area contributed by atoms with E-state index in [4.69, 9.17) is 21.1 Å². The lowest BCUT2D eigenvalue weighted by Gasteiger charge is -2.06. The Morgan fingerprint density at radius 3 is 2.79 bits per heavy atom. The first-order chi connectivity index (χ1) is 13.9. The fourth-order valence-electron chi connectivity index (χ4n) is 2.73. The quantitative estimate of drug-likeness (QED) is 0.412. The Kier molecular flexibility index (Phi) is 6.63. The molecule has 0 radical (unpaired) electrons. The van der Waals surface area contributed by atoms with E-state index < -0.39 is 10.8 Å². The first kappa shape index (κ1) is 21.0. The second kappa shape index (κ2) is 9.17. The van der Waals surface area contributed by atoms with Crippen LogP contribution in [0.25, 0.3) is 10.2 Å². The molecular weight excluding hydrogens is 418 g/mol. The molecule has 0 saturated heterocycles. The third-order valence-electron chi connectivity index (χ3n) is 4.07. The van der Waals surface area contributed by atoms with Crippen molar-refractivity contribution in [2.45, 2.75) is 13.5 Å². The molecule has 0 saturated carbocycles. The standard InChI is InChI=1S/C19H18ClN3O5S/c1-3-28-13-5-7-16-17(11-13)29-19(22(16)8-9-27-2)21-18(24)14-10-12(23(25)26)4-6-15(14)20/h4-7,10-11H,3,8-9H2,1-2H3. The van der Waals surface area contributed by atoms with Crippen molar-refractivity contribution < 1.29 is 19.2 Å². The number of rotatable bonds is 7. The lowest BCUT2D eigenvalue weighted by Crippen LogP contribution is -2.19. The largest absolute Gasteiger partial charge is 0.494 e. The van der Waals surface area contributed by atoms with Gasteiger partial charge in [0.2, 0.25) is 0 Å². The SMILES string of the molecule is CCOc1ccc2c(c1)sc(=NC(=O)c1cc([N+](=O)[O-])ccc1Cl)n2CCOC. The minimum atomic E-state index is -0.651. The molecule has 0 bridgehead atoms. The van der Waals surface area contributed by atoms with Crippen LogP contribution in [-0.2, 0) is 11.3 Å². The highest BCUT2D eigenvalue weighted by molar-refractivity contribution is 7.16. The second-order valence-electron chi connectivity index (χ2n) is 5.93. The van der Waals surface area contributed by atoms with E-state index in [0.717, 1.165) is 22.0 Å². The van der Waals surface area contributed by atoms with E-state index in [-0.39, 0.29) is 16.3 Å². The highest BCUT2D eigenvalue weighted by Crippen LogP contribution is 2.25. The molecule has 0 unspecified atom stereocenters. The molecule has 0 aliphatic heterocycles. The number of nitro groups is 1. The van der Waals surface area contributed by atoms with Gasteiger partial charge >= 0.3 is 0 Å². The van der Waals surface area contributed by atoms with Gasteiger partial charge < -0.3 is 14.0 Å². The number of carbonyl (C=O) groups is 1. The summed E-state index contributed by atoms with van der Waals surface area (Å²) < 4.78 is 13.5. The summed E-state index contributed by atoms with van der Waals surface area (Å²) in [6, 6.07) is 9.33. The maximum Gasteiger partial charge on any atom is 0.281 e. The Labute approximate surface area is 175 Å². The summed E-state index contributed by atoms with van der Waals surface area (Å²) in [4.78, 5) is 27.8. The van der Waals surface area contributed by atoms with Crippen LogP contribution in [0.4, 0.5) is 5.69 Å². The van der Waals surface area contributed by atoms with Crippen molar-refractivity contribution in [1.29, 1.82) is 0 Å². The molecule has 0 spiro atoms. The van der Waals surface area contributed by atoms with Crippen LogP contribution in [0.1, 0.15) is 17.3 Å². The van der Waals surface area contributed by atoms with Crippen molar-refractivity contribution in [2.24, 2.45) is 4.99 Å². The van der Waals surface area contributed by atoms with E-state index in [0.29, 0.717) is 24.6 Å². The van der Waals surface area contributed by atoms with Crippen molar-refractivity contribution in [3.8, 4) is 5.75 Å². The fourth-order valence-corrected chi connectivity index (χ4v) is 4.01. The van der Waals surface area contributed by atoms with E-state index in [2.05, 4.69) is 4.99 Å². The zero-order valence-corrected chi connectivity index (χ0v) is 17.3. The van der Waals surface area contributed by atoms with Crippen molar-refractivity contribution >= 4 is 44.7 Å². The van der Waals surface area contributed by atoms with Gasteiger partial charge in [-0.1, -0.05) is 22.9 Å². The Balaban J connectivity index is 2.11. The molecule has 1 aromatic heterocycles. The van der Waals surface area contributed by atoms with Gasteiger partial charge in [0.1, 0.15) is 5.75 Å². The number of amides is 1. The fraction of sp³-hybridized carbons (Fsp3) is 0.263. The number of thiazole rings is 1. The number of non-ortho nitro benzene ring substituents is 1. The lowest BCUT2D eigenvalue weighted by atomic mass is 10.2. The van der Waals surface area contributed by atoms with E-state index in [1.54, 1.807) is 7.11 Å². The Morgan fingerprint density at radius 2 is 2.10 bits per heavy atom.